The lowest BCUT2D eigenvalue weighted by Gasteiger charge is -2.59. The van der Waals surface area contributed by atoms with Crippen LogP contribution in [0.2, 0.25) is 0 Å². The van der Waals surface area contributed by atoms with E-state index in [9.17, 15) is 20.4 Å². The predicted octanol–water partition coefficient (Wildman–Crippen LogP) is 4.30. The van der Waals surface area contributed by atoms with Crippen molar-refractivity contribution in [2.75, 3.05) is 0 Å². The number of aliphatic hydroxyl groups excluding tert-OH is 4. The second-order valence-electron chi connectivity index (χ2n) is 12.5. The second kappa shape index (κ2) is 8.42. The van der Waals surface area contributed by atoms with E-state index in [0.717, 1.165) is 38.5 Å². The van der Waals surface area contributed by atoms with Crippen molar-refractivity contribution in [3.05, 3.63) is 11.6 Å². The lowest BCUT2D eigenvalue weighted by atomic mass is 9.46. The number of aliphatic hydroxyl groups is 4. The van der Waals surface area contributed by atoms with Crippen LogP contribution in [0.3, 0.4) is 0 Å². The van der Waals surface area contributed by atoms with Crippen molar-refractivity contribution in [3.63, 3.8) is 0 Å². The summed E-state index contributed by atoms with van der Waals surface area (Å²) in [6.07, 6.45) is 7.65. The molecule has 0 aromatic heterocycles. The maximum Gasteiger partial charge on any atom is 0.0658 e. The van der Waals surface area contributed by atoms with Crippen LogP contribution < -0.4 is 0 Å². The quantitative estimate of drug-likeness (QED) is 0.486. The van der Waals surface area contributed by atoms with Crippen LogP contribution in [0.25, 0.3) is 0 Å². The molecule has 0 saturated heterocycles. The minimum Gasteiger partial charge on any atom is -0.393 e. The molecule has 31 heavy (non-hydrogen) atoms. The highest BCUT2D eigenvalue weighted by Crippen LogP contribution is 2.67. The first kappa shape index (κ1) is 23.7. The lowest BCUT2D eigenvalue weighted by molar-refractivity contribution is -0.113. The van der Waals surface area contributed by atoms with Gasteiger partial charge in [-0.1, -0.05) is 46.3 Å². The van der Waals surface area contributed by atoms with Gasteiger partial charge in [0.2, 0.25) is 0 Å². The third-order valence-electron chi connectivity index (χ3n) is 10.5. The number of hydrogen-bond acceptors (Lipinski definition) is 4. The summed E-state index contributed by atoms with van der Waals surface area (Å²) in [7, 11) is 0. The number of hydrogen-bond donors (Lipinski definition) is 4. The normalized spacial score (nSPS) is 49.1. The third kappa shape index (κ3) is 3.74. The molecule has 0 radical (unpaired) electrons. The van der Waals surface area contributed by atoms with Gasteiger partial charge in [0.15, 0.2) is 0 Å². The molecular weight excluding hydrogens is 388 g/mol. The Morgan fingerprint density at radius 3 is 2.42 bits per heavy atom. The largest absolute Gasteiger partial charge is 0.393 e. The molecule has 3 fully saturated rings. The monoisotopic (exact) mass is 434 g/mol. The van der Waals surface area contributed by atoms with Gasteiger partial charge >= 0.3 is 0 Å². The minimum absolute atomic E-state index is 0.0413. The summed E-state index contributed by atoms with van der Waals surface area (Å²) in [4.78, 5) is 0. The van der Waals surface area contributed by atoms with Crippen molar-refractivity contribution in [1.29, 1.82) is 0 Å². The standard InChI is InChI=1S/C27H46O4/c1-15(2)6-9-22(29)16(3)25-23(30)14-21-19-8-7-17-12-18(28)13-24(31)27(17,5)20(19)10-11-26(21,25)4/h7,15-16,18-25,28-31H,6,8-14H2,1-5H3/t16-,18-,19?,20?,21?,22+,23+,24-,25+,26+,27+/m1/s1. The predicted molar refractivity (Wildman–Crippen MR) is 123 cm³/mol. The summed E-state index contributed by atoms with van der Waals surface area (Å²) in [5.41, 5.74) is 1.06. The smallest absolute Gasteiger partial charge is 0.0658 e. The Kier molecular flexibility index (Phi) is 6.44. The molecule has 4 aliphatic carbocycles. The fourth-order valence-corrected chi connectivity index (χ4v) is 8.71. The van der Waals surface area contributed by atoms with Gasteiger partial charge in [0.1, 0.15) is 0 Å². The molecule has 0 aliphatic heterocycles. The molecule has 0 spiro atoms. The summed E-state index contributed by atoms with van der Waals surface area (Å²) in [5, 5.41) is 43.5. The molecule has 0 bridgehead atoms. The highest BCUT2D eigenvalue weighted by molar-refractivity contribution is 5.28. The van der Waals surface area contributed by atoms with Gasteiger partial charge in [-0.05, 0) is 85.9 Å². The van der Waals surface area contributed by atoms with Crippen molar-refractivity contribution in [3.8, 4) is 0 Å². The maximum atomic E-state index is 11.2. The second-order valence-corrected chi connectivity index (χ2v) is 12.5. The Bertz CT molecular complexity index is 689. The molecule has 3 unspecified atom stereocenters. The van der Waals surface area contributed by atoms with Crippen LogP contribution in [0.1, 0.15) is 86.0 Å². The number of fused-ring (bicyclic) bond motifs is 5. The summed E-state index contributed by atoms with van der Waals surface area (Å²) >= 11 is 0. The van der Waals surface area contributed by atoms with Gasteiger partial charge in [0.25, 0.3) is 0 Å². The summed E-state index contributed by atoms with van der Waals surface area (Å²) in [5.74, 6) is 2.13. The van der Waals surface area contributed by atoms with E-state index in [4.69, 9.17) is 0 Å². The van der Waals surface area contributed by atoms with Crippen LogP contribution in [0.4, 0.5) is 0 Å². The van der Waals surface area contributed by atoms with Crippen LogP contribution >= 0.6 is 0 Å². The summed E-state index contributed by atoms with van der Waals surface area (Å²) in [6.45, 7) is 11.2. The van der Waals surface area contributed by atoms with E-state index in [0.29, 0.717) is 36.5 Å². The van der Waals surface area contributed by atoms with E-state index in [1.807, 2.05) is 0 Å². The van der Waals surface area contributed by atoms with Crippen molar-refractivity contribution >= 4 is 0 Å². The van der Waals surface area contributed by atoms with Gasteiger partial charge in [-0.2, -0.15) is 0 Å². The molecule has 0 aromatic rings. The zero-order valence-electron chi connectivity index (χ0n) is 20.3. The first-order valence-electron chi connectivity index (χ1n) is 12.9. The molecule has 4 N–H and O–H groups in total. The first-order valence-corrected chi connectivity index (χ1v) is 12.9. The first-order chi connectivity index (χ1) is 14.5. The Labute approximate surface area is 189 Å². The van der Waals surface area contributed by atoms with Gasteiger partial charge in [0, 0.05) is 11.8 Å². The topological polar surface area (TPSA) is 80.9 Å². The Morgan fingerprint density at radius 2 is 1.74 bits per heavy atom. The Morgan fingerprint density at radius 1 is 1.03 bits per heavy atom. The summed E-state index contributed by atoms with van der Waals surface area (Å²) < 4.78 is 0. The fraction of sp³-hybridized carbons (Fsp3) is 0.926. The average Bonchev–Trinajstić information content (AvgIpc) is 2.96. The molecule has 0 heterocycles. The van der Waals surface area contributed by atoms with Crippen molar-refractivity contribution in [2.45, 2.75) is 110 Å². The lowest BCUT2D eigenvalue weighted by Crippen LogP contribution is -2.56. The van der Waals surface area contributed by atoms with Crippen LogP contribution in [-0.2, 0) is 0 Å². The molecule has 0 aromatic carbocycles. The van der Waals surface area contributed by atoms with Gasteiger partial charge in [-0.15, -0.1) is 0 Å². The van der Waals surface area contributed by atoms with Gasteiger partial charge in [-0.3, -0.25) is 0 Å². The SMILES string of the molecule is CC(C)CC[C@H](O)[C@@H](C)[C@H]1[C@@H](O)CC2C3CC=C4C[C@@H](O)C[C@@H](O)[C@]4(C)C3CC[C@@]21C. The van der Waals surface area contributed by atoms with E-state index in [1.54, 1.807) is 0 Å². The molecule has 4 nitrogen and oxygen atoms in total. The molecule has 4 aliphatic rings. The summed E-state index contributed by atoms with van der Waals surface area (Å²) in [6, 6.07) is 0. The van der Waals surface area contributed by atoms with Crippen molar-refractivity contribution in [2.24, 2.45) is 46.3 Å². The number of rotatable bonds is 5. The van der Waals surface area contributed by atoms with E-state index in [-0.39, 0.29) is 34.9 Å². The van der Waals surface area contributed by atoms with Crippen LogP contribution in [-0.4, -0.2) is 44.8 Å². The van der Waals surface area contributed by atoms with Gasteiger partial charge < -0.3 is 20.4 Å². The maximum absolute atomic E-state index is 11.2. The molecule has 4 rings (SSSR count). The third-order valence-corrected chi connectivity index (χ3v) is 10.5. The zero-order valence-corrected chi connectivity index (χ0v) is 20.3. The van der Waals surface area contributed by atoms with E-state index in [2.05, 4.69) is 40.7 Å². The Hall–Kier alpha value is -0.420. The molecule has 178 valence electrons. The zero-order chi connectivity index (χ0) is 22.7. The van der Waals surface area contributed by atoms with Crippen molar-refractivity contribution < 1.29 is 20.4 Å². The highest BCUT2D eigenvalue weighted by Gasteiger charge is 2.63. The molecule has 4 heteroatoms. The van der Waals surface area contributed by atoms with Crippen LogP contribution in [0.15, 0.2) is 11.6 Å². The van der Waals surface area contributed by atoms with Crippen molar-refractivity contribution in [1.82, 2.24) is 0 Å². The molecule has 0 amide bonds. The average molecular weight is 435 g/mol. The molecular formula is C27H46O4. The minimum atomic E-state index is -0.487. The highest BCUT2D eigenvalue weighted by atomic mass is 16.3. The number of allylic oxidation sites excluding steroid dienone is 1. The van der Waals surface area contributed by atoms with Gasteiger partial charge in [-0.25, -0.2) is 0 Å². The van der Waals surface area contributed by atoms with Gasteiger partial charge in [0.05, 0.1) is 24.4 Å². The van der Waals surface area contributed by atoms with E-state index in [1.165, 1.54) is 5.57 Å². The van der Waals surface area contributed by atoms with E-state index < -0.39 is 12.2 Å². The van der Waals surface area contributed by atoms with E-state index >= 15 is 0 Å². The fourth-order valence-electron chi connectivity index (χ4n) is 8.71. The molecule has 11 atom stereocenters. The van der Waals surface area contributed by atoms with Crippen LogP contribution in [0.5, 0.6) is 0 Å². The Balaban J connectivity index is 1.58. The van der Waals surface area contributed by atoms with Crippen LogP contribution in [0, 0.1) is 46.3 Å². The molecule has 3 saturated carbocycles.